The van der Waals surface area contributed by atoms with Gasteiger partial charge in [-0.15, -0.1) is 0 Å². The van der Waals surface area contributed by atoms with Crippen molar-refractivity contribution in [3.05, 3.63) is 83.7 Å². The van der Waals surface area contributed by atoms with Crippen molar-refractivity contribution < 1.29 is 4.79 Å². The van der Waals surface area contributed by atoms with Gasteiger partial charge >= 0.3 is 0 Å². The summed E-state index contributed by atoms with van der Waals surface area (Å²) in [6.07, 6.45) is 6.56. The van der Waals surface area contributed by atoms with Gasteiger partial charge in [-0.1, -0.05) is 35.9 Å². The molecule has 0 unspecified atom stereocenters. The number of benzene rings is 2. The minimum atomic E-state index is -0.349. The molecule has 27 heavy (non-hydrogen) atoms. The number of nitrogens with one attached hydrogen (secondary N) is 3. The van der Waals surface area contributed by atoms with Crippen LogP contribution >= 0.6 is 23.8 Å². The first-order chi connectivity index (χ1) is 13.1. The molecule has 0 aliphatic carbocycles. The normalized spacial score (nSPS) is 10.6. The van der Waals surface area contributed by atoms with Gasteiger partial charge in [-0.2, -0.15) is 5.10 Å². The van der Waals surface area contributed by atoms with Crippen LogP contribution in [0.2, 0.25) is 5.02 Å². The highest BCUT2D eigenvalue weighted by Gasteiger charge is 2.01. The Kier molecular flexibility index (Phi) is 6.19. The number of hydrogen-bond donors (Lipinski definition) is 3. The maximum Gasteiger partial charge on any atom is 0.262 e. The summed E-state index contributed by atoms with van der Waals surface area (Å²) in [7, 11) is 0. The number of hydrazine groups is 1. The first kappa shape index (κ1) is 18.6. The van der Waals surface area contributed by atoms with E-state index in [2.05, 4.69) is 21.3 Å². The summed E-state index contributed by atoms with van der Waals surface area (Å²) in [5.74, 6) is -0.349. The lowest BCUT2D eigenvalue weighted by Gasteiger charge is -2.10. The minimum absolute atomic E-state index is 0.246. The Balaban J connectivity index is 1.49. The molecule has 0 atom stereocenters. The number of thiocarbonyl (C=S) groups is 1. The lowest BCUT2D eigenvalue weighted by molar-refractivity contribution is -0.116. The molecular formula is C19H16ClN5OS. The molecule has 6 nitrogen and oxygen atoms in total. The average Bonchev–Trinajstić information content (AvgIpc) is 3.14. The summed E-state index contributed by atoms with van der Waals surface area (Å²) >= 11 is 11.0. The van der Waals surface area contributed by atoms with Crippen LogP contribution in [-0.2, 0) is 4.79 Å². The number of carbonyl (C=O) groups excluding carboxylic acids is 1. The Labute approximate surface area is 166 Å². The second kappa shape index (κ2) is 8.98. The van der Waals surface area contributed by atoms with Crippen molar-refractivity contribution in [2.45, 2.75) is 0 Å². The highest BCUT2D eigenvalue weighted by atomic mass is 35.5. The fraction of sp³-hybridized carbons (Fsp3) is 0. The van der Waals surface area contributed by atoms with Crippen LogP contribution < -0.4 is 16.2 Å². The number of amides is 1. The molecule has 3 N–H and O–H groups in total. The van der Waals surface area contributed by atoms with Gasteiger partial charge in [-0.3, -0.25) is 15.6 Å². The third-order valence-electron chi connectivity index (χ3n) is 3.43. The first-order valence-electron chi connectivity index (χ1n) is 8.01. The molecule has 3 rings (SSSR count). The zero-order valence-electron chi connectivity index (χ0n) is 14.1. The highest BCUT2D eigenvalue weighted by Crippen LogP contribution is 2.14. The van der Waals surface area contributed by atoms with Crippen molar-refractivity contribution in [3.63, 3.8) is 0 Å². The van der Waals surface area contributed by atoms with Crippen LogP contribution in [0.15, 0.2) is 73.1 Å². The zero-order chi connectivity index (χ0) is 19.1. The Bertz CT molecular complexity index is 971. The third kappa shape index (κ3) is 5.67. The number of rotatable bonds is 4. The minimum Gasteiger partial charge on any atom is -0.331 e. The van der Waals surface area contributed by atoms with Crippen LogP contribution in [-0.4, -0.2) is 20.8 Å². The Hall–Kier alpha value is -3.16. The van der Waals surface area contributed by atoms with E-state index in [-0.39, 0.29) is 11.0 Å². The van der Waals surface area contributed by atoms with E-state index in [1.165, 1.54) is 6.08 Å². The van der Waals surface area contributed by atoms with Crippen LogP contribution in [0.3, 0.4) is 0 Å². The molecule has 0 aliphatic heterocycles. The van der Waals surface area contributed by atoms with Gasteiger partial charge in [0.05, 0.1) is 11.9 Å². The molecule has 0 saturated carbocycles. The molecule has 1 amide bonds. The maximum absolute atomic E-state index is 11.9. The van der Waals surface area contributed by atoms with Gasteiger partial charge in [0.25, 0.3) is 5.91 Å². The third-order valence-corrected chi connectivity index (χ3v) is 3.87. The number of aromatic nitrogens is 2. The summed E-state index contributed by atoms with van der Waals surface area (Å²) in [6, 6.07) is 16.8. The van der Waals surface area contributed by atoms with Gasteiger partial charge in [0.1, 0.15) is 0 Å². The maximum atomic E-state index is 11.9. The van der Waals surface area contributed by atoms with Gasteiger partial charge in [-0.05, 0) is 48.6 Å². The molecule has 0 aliphatic rings. The van der Waals surface area contributed by atoms with Crippen LogP contribution in [0.4, 0.5) is 5.69 Å². The fourth-order valence-electron chi connectivity index (χ4n) is 2.21. The molecule has 1 aromatic heterocycles. The van der Waals surface area contributed by atoms with Crippen LogP contribution in [0.1, 0.15) is 5.56 Å². The van der Waals surface area contributed by atoms with Crippen molar-refractivity contribution in [2.24, 2.45) is 0 Å². The van der Waals surface area contributed by atoms with Crippen LogP contribution in [0, 0.1) is 0 Å². The lowest BCUT2D eigenvalue weighted by atomic mass is 10.3. The predicted molar refractivity (Wildman–Crippen MR) is 112 cm³/mol. The predicted octanol–water partition coefficient (Wildman–Crippen LogP) is 3.56. The highest BCUT2D eigenvalue weighted by molar-refractivity contribution is 7.80. The molecule has 0 spiro atoms. The van der Waals surface area contributed by atoms with Gasteiger partial charge in [0.15, 0.2) is 5.11 Å². The lowest BCUT2D eigenvalue weighted by Crippen LogP contribution is -2.43. The summed E-state index contributed by atoms with van der Waals surface area (Å²) in [5, 5.41) is 8.02. The number of para-hydroxylation sites is 1. The molecule has 1 heterocycles. The topological polar surface area (TPSA) is 71.0 Å². The molecule has 3 aromatic rings. The monoisotopic (exact) mass is 397 g/mol. The second-order valence-corrected chi connectivity index (χ2v) is 6.31. The fourth-order valence-corrected chi connectivity index (χ4v) is 2.56. The van der Waals surface area contributed by atoms with E-state index in [1.54, 1.807) is 35.2 Å². The van der Waals surface area contributed by atoms with E-state index in [4.69, 9.17) is 23.8 Å². The largest absolute Gasteiger partial charge is 0.331 e. The van der Waals surface area contributed by atoms with E-state index in [9.17, 15) is 4.79 Å². The van der Waals surface area contributed by atoms with E-state index >= 15 is 0 Å². The van der Waals surface area contributed by atoms with Crippen molar-refractivity contribution in [1.82, 2.24) is 20.6 Å². The number of nitrogens with zero attached hydrogens (tertiary/aromatic N) is 2. The number of carbonyl (C=O) groups is 1. The second-order valence-electron chi connectivity index (χ2n) is 5.47. The van der Waals surface area contributed by atoms with Crippen molar-refractivity contribution >= 4 is 46.6 Å². The van der Waals surface area contributed by atoms with Crippen molar-refractivity contribution in [3.8, 4) is 5.69 Å². The SMILES string of the molecule is O=C(/C=C/c1cnn(-c2ccccc2)c1)NNC(=S)Nc1cccc(Cl)c1. The van der Waals surface area contributed by atoms with E-state index in [0.717, 1.165) is 16.9 Å². The standard InChI is InChI=1S/C19H16ClN5OS/c20-15-5-4-6-16(11-15)22-19(27)24-23-18(26)10-9-14-12-21-25(13-14)17-7-2-1-3-8-17/h1-13H,(H,23,26)(H2,22,24,27)/b10-9+. The van der Waals surface area contributed by atoms with E-state index in [0.29, 0.717) is 5.02 Å². The van der Waals surface area contributed by atoms with Crippen molar-refractivity contribution in [2.75, 3.05) is 5.32 Å². The Morgan fingerprint density at radius 2 is 1.93 bits per heavy atom. The average molecular weight is 398 g/mol. The van der Waals surface area contributed by atoms with Crippen LogP contribution in [0.5, 0.6) is 0 Å². The first-order valence-corrected chi connectivity index (χ1v) is 8.79. The molecule has 0 radical (unpaired) electrons. The summed E-state index contributed by atoms with van der Waals surface area (Å²) in [4.78, 5) is 11.9. The molecule has 136 valence electrons. The molecule has 2 aromatic carbocycles. The number of anilines is 1. The quantitative estimate of drug-likeness (QED) is 0.357. The van der Waals surface area contributed by atoms with E-state index < -0.39 is 0 Å². The molecule has 0 fully saturated rings. The number of halogens is 1. The van der Waals surface area contributed by atoms with Gasteiger partial charge < -0.3 is 5.32 Å². The molecule has 0 saturated heterocycles. The zero-order valence-corrected chi connectivity index (χ0v) is 15.7. The van der Waals surface area contributed by atoms with E-state index in [1.807, 2.05) is 42.6 Å². The Morgan fingerprint density at radius 1 is 1.11 bits per heavy atom. The summed E-state index contributed by atoms with van der Waals surface area (Å²) < 4.78 is 1.74. The van der Waals surface area contributed by atoms with Gasteiger partial charge in [0.2, 0.25) is 0 Å². The van der Waals surface area contributed by atoms with Gasteiger partial charge in [0, 0.05) is 28.5 Å². The van der Waals surface area contributed by atoms with Crippen LogP contribution in [0.25, 0.3) is 11.8 Å². The number of hydrogen-bond acceptors (Lipinski definition) is 3. The molecule has 0 bridgehead atoms. The van der Waals surface area contributed by atoms with Gasteiger partial charge in [-0.25, -0.2) is 4.68 Å². The summed E-state index contributed by atoms with van der Waals surface area (Å²) in [6.45, 7) is 0. The van der Waals surface area contributed by atoms with Crippen molar-refractivity contribution in [1.29, 1.82) is 0 Å². The molecular weight excluding hydrogens is 382 g/mol. The summed E-state index contributed by atoms with van der Waals surface area (Å²) in [5.41, 5.74) is 7.57. The Morgan fingerprint density at radius 3 is 2.70 bits per heavy atom. The molecule has 8 heteroatoms. The smallest absolute Gasteiger partial charge is 0.262 e.